The molecule has 1 fully saturated rings. The molecule has 0 N–H and O–H groups in total. The Morgan fingerprint density at radius 1 is 0.857 bits per heavy atom. The Morgan fingerprint density at radius 2 is 1.63 bits per heavy atom. The largest absolute Gasteiger partial charge is 0.439 e. The molecule has 8 heteroatoms. The Morgan fingerprint density at radius 3 is 2.46 bits per heavy atom. The van der Waals surface area contributed by atoms with E-state index in [4.69, 9.17) is 4.42 Å². The van der Waals surface area contributed by atoms with Gasteiger partial charge in [0.25, 0.3) is 0 Å². The molecule has 0 bridgehead atoms. The van der Waals surface area contributed by atoms with Crippen LogP contribution in [0.2, 0.25) is 0 Å². The lowest BCUT2D eigenvalue weighted by Crippen LogP contribution is -2.30. The molecular formula is C27H20F2N2O3S. The third kappa shape index (κ3) is 3.79. The summed E-state index contributed by atoms with van der Waals surface area (Å²) in [5, 5.41) is 1.83. The van der Waals surface area contributed by atoms with Crippen LogP contribution in [-0.2, 0) is 10.0 Å². The van der Waals surface area contributed by atoms with Gasteiger partial charge in [0.15, 0.2) is 17.2 Å². The summed E-state index contributed by atoms with van der Waals surface area (Å²) in [5.74, 6) is -1.51. The normalized spacial score (nSPS) is 16.9. The van der Waals surface area contributed by atoms with Gasteiger partial charge in [0.2, 0.25) is 15.9 Å². The molecule has 4 aromatic carbocycles. The van der Waals surface area contributed by atoms with E-state index in [2.05, 4.69) is 4.98 Å². The van der Waals surface area contributed by atoms with Gasteiger partial charge in [-0.2, -0.15) is 4.31 Å². The van der Waals surface area contributed by atoms with Crippen molar-refractivity contribution in [2.75, 3.05) is 6.54 Å². The van der Waals surface area contributed by atoms with Crippen LogP contribution in [0.4, 0.5) is 8.78 Å². The van der Waals surface area contributed by atoms with Crippen LogP contribution in [0.3, 0.4) is 0 Å². The fourth-order valence-electron chi connectivity index (χ4n) is 4.68. The van der Waals surface area contributed by atoms with Crippen LogP contribution in [0.1, 0.15) is 24.8 Å². The maximum atomic E-state index is 13.7. The van der Waals surface area contributed by atoms with E-state index in [0.29, 0.717) is 47.5 Å². The van der Waals surface area contributed by atoms with Crippen molar-refractivity contribution < 1.29 is 21.6 Å². The second-order valence-electron chi connectivity index (χ2n) is 8.65. The van der Waals surface area contributed by atoms with E-state index >= 15 is 0 Å². The predicted octanol–water partition coefficient (Wildman–Crippen LogP) is 6.45. The van der Waals surface area contributed by atoms with Crippen LogP contribution in [0.5, 0.6) is 0 Å². The van der Waals surface area contributed by atoms with Gasteiger partial charge in [0.1, 0.15) is 11.6 Å². The molecular weight excluding hydrogens is 470 g/mol. The van der Waals surface area contributed by atoms with Gasteiger partial charge in [-0.15, -0.1) is 0 Å². The predicted molar refractivity (Wildman–Crippen MR) is 129 cm³/mol. The van der Waals surface area contributed by atoms with Crippen molar-refractivity contribution in [2.45, 2.75) is 23.8 Å². The van der Waals surface area contributed by atoms with Gasteiger partial charge in [-0.3, -0.25) is 0 Å². The Balaban J connectivity index is 1.35. The Labute approximate surface area is 200 Å². The van der Waals surface area contributed by atoms with E-state index < -0.39 is 27.7 Å². The zero-order valence-electron chi connectivity index (χ0n) is 18.5. The highest BCUT2D eigenvalue weighted by Gasteiger charge is 2.39. The van der Waals surface area contributed by atoms with Gasteiger partial charge in [-0.1, -0.05) is 42.5 Å². The van der Waals surface area contributed by atoms with Crippen molar-refractivity contribution in [3.8, 4) is 11.1 Å². The van der Waals surface area contributed by atoms with E-state index in [1.165, 1.54) is 10.4 Å². The molecule has 0 radical (unpaired) electrons. The minimum absolute atomic E-state index is 0.236. The number of aromatic nitrogens is 1. The third-order valence-electron chi connectivity index (χ3n) is 6.47. The monoisotopic (exact) mass is 490 g/mol. The average molecular weight is 491 g/mol. The van der Waals surface area contributed by atoms with Crippen LogP contribution >= 0.6 is 0 Å². The van der Waals surface area contributed by atoms with Gasteiger partial charge < -0.3 is 4.42 Å². The second-order valence-corrected chi connectivity index (χ2v) is 10.5. The Bertz CT molecular complexity index is 1700. The molecule has 1 aliphatic rings. The average Bonchev–Trinajstić information content (AvgIpc) is 3.52. The first-order valence-electron chi connectivity index (χ1n) is 11.3. The second kappa shape index (κ2) is 8.25. The lowest BCUT2D eigenvalue weighted by atomic mass is 10.1. The summed E-state index contributed by atoms with van der Waals surface area (Å²) in [6.45, 7) is 0.374. The number of oxazole rings is 1. The first kappa shape index (κ1) is 21.9. The van der Waals surface area contributed by atoms with Crippen LogP contribution in [0.25, 0.3) is 33.0 Å². The molecule has 1 atom stereocenters. The molecule has 1 unspecified atom stereocenters. The maximum Gasteiger partial charge on any atom is 0.243 e. The molecule has 35 heavy (non-hydrogen) atoms. The number of fused-ring (bicyclic) bond motifs is 2. The summed E-state index contributed by atoms with van der Waals surface area (Å²) in [6, 6.07) is 21.1. The number of halogens is 2. The van der Waals surface area contributed by atoms with Crippen LogP contribution in [0.15, 0.2) is 88.2 Å². The Kier molecular flexibility index (Phi) is 5.16. The number of benzene rings is 4. The van der Waals surface area contributed by atoms with Gasteiger partial charge in [0.05, 0.1) is 4.90 Å². The molecule has 0 amide bonds. The Hall–Kier alpha value is -3.62. The van der Waals surface area contributed by atoms with E-state index in [1.807, 2.05) is 30.3 Å². The molecule has 1 saturated heterocycles. The van der Waals surface area contributed by atoms with E-state index in [9.17, 15) is 17.2 Å². The lowest BCUT2D eigenvalue weighted by molar-refractivity contribution is 0.337. The quantitative estimate of drug-likeness (QED) is 0.290. The molecule has 0 saturated carbocycles. The minimum Gasteiger partial charge on any atom is -0.439 e. The van der Waals surface area contributed by atoms with Gasteiger partial charge >= 0.3 is 0 Å². The molecule has 176 valence electrons. The van der Waals surface area contributed by atoms with Crippen molar-refractivity contribution in [3.05, 3.63) is 96.4 Å². The number of hydrogen-bond donors (Lipinski definition) is 0. The molecule has 1 aromatic heterocycles. The van der Waals surface area contributed by atoms with Crippen molar-refractivity contribution in [1.29, 1.82) is 0 Å². The third-order valence-corrected chi connectivity index (χ3v) is 8.38. The highest BCUT2D eigenvalue weighted by atomic mass is 32.2. The SMILES string of the molecule is O=S(=O)(c1ccc2ccccc2c1)N1CCCC1c1nc2cc(-c3ccc(F)c(F)c3)ccc2o1. The fraction of sp³-hybridized carbons (Fsp3) is 0.148. The maximum absolute atomic E-state index is 13.7. The molecule has 1 aliphatic heterocycles. The summed E-state index contributed by atoms with van der Waals surface area (Å²) < 4.78 is 61.6. The summed E-state index contributed by atoms with van der Waals surface area (Å²) >= 11 is 0. The van der Waals surface area contributed by atoms with Crippen LogP contribution in [0, 0.1) is 11.6 Å². The first-order chi connectivity index (χ1) is 16.9. The zero-order chi connectivity index (χ0) is 24.2. The van der Waals surface area contributed by atoms with Crippen molar-refractivity contribution >= 4 is 31.9 Å². The summed E-state index contributed by atoms with van der Waals surface area (Å²) in [6.07, 6.45) is 1.28. The zero-order valence-corrected chi connectivity index (χ0v) is 19.3. The van der Waals surface area contributed by atoms with Gasteiger partial charge in [-0.25, -0.2) is 22.2 Å². The summed E-state index contributed by atoms with van der Waals surface area (Å²) in [5.41, 5.74) is 2.19. The summed E-state index contributed by atoms with van der Waals surface area (Å²) in [4.78, 5) is 4.82. The van der Waals surface area contributed by atoms with E-state index in [0.717, 1.165) is 22.9 Å². The van der Waals surface area contributed by atoms with E-state index in [1.54, 1.807) is 30.3 Å². The molecule has 6 rings (SSSR count). The molecule has 0 aliphatic carbocycles. The first-order valence-corrected chi connectivity index (χ1v) is 12.7. The number of hydrogen-bond acceptors (Lipinski definition) is 4. The summed E-state index contributed by atoms with van der Waals surface area (Å²) in [7, 11) is -3.77. The highest BCUT2D eigenvalue weighted by Crippen LogP contribution is 2.38. The lowest BCUT2D eigenvalue weighted by Gasteiger charge is -2.22. The minimum atomic E-state index is -3.77. The number of sulfonamides is 1. The molecule has 0 spiro atoms. The van der Waals surface area contributed by atoms with Gasteiger partial charge in [-0.05, 0) is 71.1 Å². The smallest absolute Gasteiger partial charge is 0.243 e. The number of rotatable bonds is 4. The van der Waals surface area contributed by atoms with Crippen molar-refractivity contribution in [3.63, 3.8) is 0 Å². The van der Waals surface area contributed by atoms with Crippen LogP contribution < -0.4 is 0 Å². The van der Waals surface area contributed by atoms with Crippen molar-refractivity contribution in [1.82, 2.24) is 9.29 Å². The molecule has 2 heterocycles. The van der Waals surface area contributed by atoms with Gasteiger partial charge in [0, 0.05) is 6.54 Å². The van der Waals surface area contributed by atoms with E-state index in [-0.39, 0.29) is 4.90 Å². The fourth-order valence-corrected chi connectivity index (χ4v) is 6.37. The standard InChI is InChI=1S/C27H20F2N2O3S/c28-22-11-8-19(15-23(22)29)20-9-12-26-24(16-20)30-27(34-26)25-6-3-13-31(25)35(32,33)21-10-7-17-4-1-2-5-18(17)14-21/h1-2,4-5,7-12,14-16,25H,3,6,13H2. The highest BCUT2D eigenvalue weighted by molar-refractivity contribution is 7.89. The molecule has 5 nitrogen and oxygen atoms in total. The van der Waals surface area contributed by atoms with Crippen molar-refractivity contribution in [2.24, 2.45) is 0 Å². The molecule has 5 aromatic rings. The van der Waals surface area contributed by atoms with Crippen LogP contribution in [-0.4, -0.2) is 24.3 Å². The topological polar surface area (TPSA) is 63.4 Å². The number of nitrogens with zero attached hydrogens (tertiary/aromatic N) is 2.